The molecule has 1 amide bonds. The Labute approximate surface area is 109 Å². The predicted molar refractivity (Wildman–Crippen MR) is 65.6 cm³/mol. The number of nitrogens with one attached hydrogen (secondary N) is 2. The highest BCUT2D eigenvalue weighted by atomic mass is 35.5. The largest absolute Gasteiger partial charge is 0.322 e. The first-order chi connectivity index (χ1) is 8.56. The second-order valence-corrected chi connectivity index (χ2v) is 4.68. The highest BCUT2D eigenvalue weighted by molar-refractivity contribution is 6.33. The number of hydrogen-bond acceptors (Lipinski definition) is 2. The summed E-state index contributed by atoms with van der Waals surface area (Å²) in [5.41, 5.74) is -0.172. The normalized spacial score (nSPS) is 14.6. The molecule has 6 heteroatoms. The molecule has 3 nitrogen and oxygen atoms in total. The molecular formula is C12H13ClF2N2O. The average Bonchev–Trinajstić information content (AvgIpc) is 3.07. The molecule has 1 aliphatic carbocycles. The molecule has 0 aliphatic heterocycles. The van der Waals surface area contributed by atoms with Crippen LogP contribution in [0.15, 0.2) is 12.1 Å². The van der Waals surface area contributed by atoms with Gasteiger partial charge in [0.2, 0.25) is 5.91 Å². The fourth-order valence-corrected chi connectivity index (χ4v) is 1.78. The summed E-state index contributed by atoms with van der Waals surface area (Å²) in [4.78, 5) is 11.5. The minimum Gasteiger partial charge on any atom is -0.322 e. The first kappa shape index (κ1) is 13.2. The highest BCUT2D eigenvalue weighted by Crippen LogP contribution is 2.26. The maximum atomic E-state index is 13.4. The number of anilines is 1. The topological polar surface area (TPSA) is 41.1 Å². The molecule has 0 heterocycles. The van der Waals surface area contributed by atoms with E-state index in [-0.39, 0.29) is 23.0 Å². The third kappa shape index (κ3) is 3.65. The molecule has 1 aromatic rings. The van der Waals surface area contributed by atoms with Crippen LogP contribution in [0.25, 0.3) is 0 Å². The van der Waals surface area contributed by atoms with Crippen LogP contribution in [-0.4, -0.2) is 18.5 Å². The molecule has 0 saturated heterocycles. The van der Waals surface area contributed by atoms with E-state index >= 15 is 0 Å². The molecule has 0 spiro atoms. The van der Waals surface area contributed by atoms with E-state index in [4.69, 9.17) is 11.6 Å². The van der Waals surface area contributed by atoms with E-state index < -0.39 is 11.6 Å². The van der Waals surface area contributed by atoms with E-state index in [9.17, 15) is 13.6 Å². The maximum Gasteiger partial charge on any atom is 0.225 e. The number of carbonyl (C=O) groups is 1. The number of benzene rings is 1. The van der Waals surface area contributed by atoms with Crippen molar-refractivity contribution in [1.29, 1.82) is 0 Å². The first-order valence-electron chi connectivity index (χ1n) is 5.74. The fourth-order valence-electron chi connectivity index (χ4n) is 1.54. The van der Waals surface area contributed by atoms with Crippen LogP contribution in [-0.2, 0) is 4.79 Å². The molecule has 98 valence electrons. The molecule has 0 unspecified atom stereocenters. The van der Waals surface area contributed by atoms with Crippen LogP contribution in [0.4, 0.5) is 14.5 Å². The molecule has 1 aliphatic rings. The van der Waals surface area contributed by atoms with Crippen molar-refractivity contribution in [3.05, 3.63) is 28.8 Å². The lowest BCUT2D eigenvalue weighted by Gasteiger charge is -2.09. The number of rotatable bonds is 5. The van der Waals surface area contributed by atoms with Gasteiger partial charge in [-0.05, 0) is 18.9 Å². The standard InChI is InChI=1S/C12H13ClF2N2O/c13-9-5-7(14)6-10(15)12(9)17-11(18)3-4-16-8-1-2-8/h5-6,8,16H,1-4H2,(H,17,18). The maximum absolute atomic E-state index is 13.4. The lowest BCUT2D eigenvalue weighted by Crippen LogP contribution is -2.23. The van der Waals surface area contributed by atoms with Crippen LogP contribution in [0.5, 0.6) is 0 Å². The van der Waals surface area contributed by atoms with E-state index in [2.05, 4.69) is 10.6 Å². The summed E-state index contributed by atoms with van der Waals surface area (Å²) in [7, 11) is 0. The van der Waals surface area contributed by atoms with Gasteiger partial charge in [0.05, 0.1) is 10.7 Å². The van der Waals surface area contributed by atoms with Crippen molar-refractivity contribution >= 4 is 23.2 Å². The van der Waals surface area contributed by atoms with Gasteiger partial charge in [0.25, 0.3) is 0 Å². The molecule has 0 atom stereocenters. The van der Waals surface area contributed by atoms with Gasteiger partial charge in [0.15, 0.2) is 5.82 Å². The summed E-state index contributed by atoms with van der Waals surface area (Å²) in [5.74, 6) is -2.00. The highest BCUT2D eigenvalue weighted by Gasteiger charge is 2.20. The van der Waals surface area contributed by atoms with Crippen LogP contribution in [0.3, 0.4) is 0 Å². The molecule has 2 rings (SSSR count). The zero-order valence-electron chi connectivity index (χ0n) is 9.60. The van der Waals surface area contributed by atoms with Gasteiger partial charge in [-0.15, -0.1) is 0 Å². The van der Waals surface area contributed by atoms with Crippen molar-refractivity contribution in [2.24, 2.45) is 0 Å². The molecule has 0 aromatic heterocycles. The van der Waals surface area contributed by atoms with Crippen LogP contribution >= 0.6 is 11.6 Å². The van der Waals surface area contributed by atoms with Crippen molar-refractivity contribution in [3.63, 3.8) is 0 Å². The lowest BCUT2D eigenvalue weighted by atomic mass is 10.2. The Balaban J connectivity index is 1.89. The summed E-state index contributed by atoms with van der Waals surface area (Å²) in [6.07, 6.45) is 2.50. The van der Waals surface area contributed by atoms with Crippen molar-refractivity contribution < 1.29 is 13.6 Å². The molecule has 1 aromatic carbocycles. The molecule has 18 heavy (non-hydrogen) atoms. The van der Waals surface area contributed by atoms with Crippen molar-refractivity contribution in [2.45, 2.75) is 25.3 Å². The average molecular weight is 275 g/mol. The quantitative estimate of drug-likeness (QED) is 0.867. The van der Waals surface area contributed by atoms with Gasteiger partial charge in [-0.2, -0.15) is 0 Å². The first-order valence-corrected chi connectivity index (χ1v) is 6.12. The Morgan fingerprint density at radius 1 is 1.39 bits per heavy atom. The summed E-state index contributed by atoms with van der Waals surface area (Å²) >= 11 is 5.66. The fraction of sp³-hybridized carbons (Fsp3) is 0.417. The van der Waals surface area contributed by atoms with Gasteiger partial charge in [-0.1, -0.05) is 11.6 Å². The summed E-state index contributed by atoms with van der Waals surface area (Å²) in [6.45, 7) is 0.539. The van der Waals surface area contributed by atoms with Crippen LogP contribution in [0.2, 0.25) is 5.02 Å². The Kier molecular flexibility index (Phi) is 4.14. The Bertz CT molecular complexity index is 440. The summed E-state index contributed by atoms with van der Waals surface area (Å²) in [6, 6.07) is 2.16. The number of carbonyl (C=O) groups excluding carboxylic acids is 1. The molecular weight excluding hydrogens is 262 g/mol. The van der Waals surface area contributed by atoms with Crippen molar-refractivity contribution in [2.75, 3.05) is 11.9 Å². The van der Waals surface area contributed by atoms with Gasteiger partial charge in [0, 0.05) is 25.1 Å². The van der Waals surface area contributed by atoms with Gasteiger partial charge < -0.3 is 10.6 Å². The van der Waals surface area contributed by atoms with Crippen molar-refractivity contribution in [1.82, 2.24) is 5.32 Å². The molecule has 1 saturated carbocycles. The minimum atomic E-state index is -0.872. The minimum absolute atomic E-state index is 0.143. The smallest absolute Gasteiger partial charge is 0.225 e. The summed E-state index contributed by atoms with van der Waals surface area (Å²) in [5, 5.41) is 5.37. The number of amides is 1. The molecule has 0 bridgehead atoms. The van der Waals surface area contributed by atoms with Crippen LogP contribution in [0.1, 0.15) is 19.3 Å². The SMILES string of the molecule is O=C(CCNC1CC1)Nc1c(F)cc(F)cc1Cl. The lowest BCUT2D eigenvalue weighted by molar-refractivity contribution is -0.116. The zero-order valence-corrected chi connectivity index (χ0v) is 10.4. The molecule has 0 radical (unpaired) electrons. The Morgan fingerprint density at radius 3 is 2.72 bits per heavy atom. The van der Waals surface area contributed by atoms with Crippen molar-refractivity contribution in [3.8, 4) is 0 Å². The van der Waals surface area contributed by atoms with Gasteiger partial charge in [0.1, 0.15) is 5.82 Å². The Morgan fingerprint density at radius 2 is 2.11 bits per heavy atom. The van der Waals surface area contributed by atoms with Gasteiger partial charge in [-0.3, -0.25) is 4.79 Å². The Hall–Kier alpha value is -1.20. The third-order valence-corrected chi connectivity index (χ3v) is 2.93. The van der Waals surface area contributed by atoms with E-state index in [1.807, 2.05) is 0 Å². The number of hydrogen-bond donors (Lipinski definition) is 2. The van der Waals surface area contributed by atoms with E-state index in [1.54, 1.807) is 0 Å². The van der Waals surface area contributed by atoms with Gasteiger partial charge in [-0.25, -0.2) is 8.78 Å². The second kappa shape index (κ2) is 5.63. The van der Waals surface area contributed by atoms with E-state index in [0.717, 1.165) is 18.9 Å². The summed E-state index contributed by atoms with van der Waals surface area (Å²) < 4.78 is 26.2. The second-order valence-electron chi connectivity index (χ2n) is 4.27. The number of halogens is 3. The van der Waals surface area contributed by atoms with E-state index in [0.29, 0.717) is 18.7 Å². The molecule has 2 N–H and O–H groups in total. The predicted octanol–water partition coefficient (Wildman–Crippen LogP) is 2.70. The molecule has 1 fully saturated rings. The third-order valence-electron chi connectivity index (χ3n) is 2.63. The zero-order chi connectivity index (χ0) is 13.1. The van der Waals surface area contributed by atoms with Crippen LogP contribution < -0.4 is 10.6 Å². The van der Waals surface area contributed by atoms with Crippen LogP contribution in [0, 0.1) is 11.6 Å². The van der Waals surface area contributed by atoms with Gasteiger partial charge >= 0.3 is 0 Å². The monoisotopic (exact) mass is 274 g/mol. The van der Waals surface area contributed by atoms with E-state index in [1.165, 1.54) is 0 Å².